The lowest BCUT2D eigenvalue weighted by molar-refractivity contribution is -0.143. The van der Waals surface area contributed by atoms with E-state index in [0.29, 0.717) is 19.4 Å². The molecule has 0 aromatic rings. The third-order valence-electron chi connectivity index (χ3n) is 10.1. The Hall–Kier alpha value is -2.18. The van der Waals surface area contributed by atoms with Gasteiger partial charge in [0.15, 0.2) is 0 Å². The van der Waals surface area contributed by atoms with E-state index in [4.69, 9.17) is 4.74 Å². The average Bonchev–Trinajstić information content (AvgIpc) is 3.17. The Labute approximate surface area is 334 Å². The molecular weight excluding hydrogens is 671 g/mol. The second kappa shape index (κ2) is 43.5. The van der Waals surface area contributed by atoms with Crippen molar-refractivity contribution in [1.29, 1.82) is 0 Å². The van der Waals surface area contributed by atoms with Crippen LogP contribution in [0.5, 0.6) is 0 Å². The Morgan fingerprint density at radius 3 is 1.46 bits per heavy atom. The summed E-state index contributed by atoms with van der Waals surface area (Å²) in [5.74, 6) is -0.157. The Morgan fingerprint density at radius 1 is 0.519 bits per heavy atom. The molecule has 0 aromatic heterocycles. The second-order valence-electron chi connectivity index (χ2n) is 15.4. The summed E-state index contributed by atoms with van der Waals surface area (Å²) in [5.41, 5.74) is 0. The molecular formula is C48H87NO5. The van der Waals surface area contributed by atoms with E-state index in [1.807, 2.05) is 6.08 Å². The Morgan fingerprint density at radius 2 is 0.926 bits per heavy atom. The van der Waals surface area contributed by atoms with Gasteiger partial charge >= 0.3 is 5.97 Å². The fourth-order valence-electron chi connectivity index (χ4n) is 6.48. The van der Waals surface area contributed by atoms with Crippen LogP contribution in [0.1, 0.15) is 219 Å². The number of carbonyl (C=O) groups is 2. The maximum atomic E-state index is 12.3. The van der Waals surface area contributed by atoms with Gasteiger partial charge in [0.2, 0.25) is 5.91 Å². The van der Waals surface area contributed by atoms with Gasteiger partial charge in [-0.1, -0.05) is 165 Å². The molecule has 314 valence electrons. The number of hydrogen-bond acceptors (Lipinski definition) is 5. The molecule has 0 saturated carbocycles. The van der Waals surface area contributed by atoms with Crippen LogP contribution in [0.3, 0.4) is 0 Å². The number of nitrogens with one attached hydrogen (secondary N) is 1. The van der Waals surface area contributed by atoms with Gasteiger partial charge in [-0.05, 0) is 89.9 Å². The molecule has 0 heterocycles. The van der Waals surface area contributed by atoms with Crippen molar-refractivity contribution in [2.45, 2.75) is 231 Å². The van der Waals surface area contributed by atoms with Gasteiger partial charge in [0, 0.05) is 12.8 Å². The van der Waals surface area contributed by atoms with E-state index in [1.54, 1.807) is 6.08 Å². The summed E-state index contributed by atoms with van der Waals surface area (Å²) >= 11 is 0. The first kappa shape index (κ1) is 51.8. The molecule has 3 N–H and O–H groups in total. The summed E-state index contributed by atoms with van der Waals surface area (Å²) in [6.07, 6.45) is 52.4. The summed E-state index contributed by atoms with van der Waals surface area (Å²) in [6.45, 7) is 4.74. The zero-order valence-corrected chi connectivity index (χ0v) is 35.4. The van der Waals surface area contributed by atoms with E-state index in [2.05, 4.69) is 55.6 Å². The van der Waals surface area contributed by atoms with Crippen molar-refractivity contribution in [3.05, 3.63) is 48.6 Å². The van der Waals surface area contributed by atoms with Crippen LogP contribution < -0.4 is 5.32 Å². The zero-order chi connectivity index (χ0) is 39.4. The van der Waals surface area contributed by atoms with Gasteiger partial charge in [0.1, 0.15) is 0 Å². The molecule has 0 saturated heterocycles. The lowest BCUT2D eigenvalue weighted by Crippen LogP contribution is -2.45. The fraction of sp³-hybridized carbons (Fsp3) is 0.792. The number of aliphatic hydroxyl groups is 2. The topological polar surface area (TPSA) is 95.9 Å². The zero-order valence-electron chi connectivity index (χ0n) is 35.4. The number of allylic oxidation sites excluding steroid dienone is 7. The quantitative estimate of drug-likeness (QED) is 0.0328. The molecule has 0 aliphatic rings. The molecule has 0 aromatic carbocycles. The largest absolute Gasteiger partial charge is 0.466 e. The van der Waals surface area contributed by atoms with E-state index in [1.165, 1.54) is 109 Å². The van der Waals surface area contributed by atoms with Gasteiger partial charge in [0.25, 0.3) is 0 Å². The molecule has 54 heavy (non-hydrogen) atoms. The monoisotopic (exact) mass is 758 g/mol. The lowest BCUT2D eigenvalue weighted by atomic mass is 10.1. The maximum Gasteiger partial charge on any atom is 0.305 e. The highest BCUT2D eigenvalue weighted by Crippen LogP contribution is 2.13. The van der Waals surface area contributed by atoms with Crippen molar-refractivity contribution >= 4 is 11.9 Å². The number of ether oxygens (including phenoxy) is 1. The van der Waals surface area contributed by atoms with Crippen molar-refractivity contribution in [2.75, 3.05) is 13.2 Å². The number of esters is 1. The molecule has 0 spiro atoms. The molecule has 1 amide bonds. The molecule has 0 fully saturated rings. The van der Waals surface area contributed by atoms with Crippen LogP contribution in [0.2, 0.25) is 0 Å². The number of unbranched alkanes of at least 4 members (excludes halogenated alkanes) is 24. The van der Waals surface area contributed by atoms with E-state index < -0.39 is 12.1 Å². The standard InChI is InChI=1S/C48H87NO5/c1-3-5-7-9-11-13-15-16-17-18-19-20-21-26-30-34-38-42-48(53)54-43-39-35-31-27-23-22-25-29-33-37-41-47(52)49-45(44-50)46(51)40-36-32-28-24-14-12-10-8-6-4-2/h11,13,16-17,23,27,36,40,45-46,50-51H,3-10,12,14-15,18-22,24-26,28-35,37-39,41-44H2,1-2H3,(H,49,52)/b13-11-,17-16-,27-23-,40-36+. The predicted molar refractivity (Wildman–Crippen MR) is 232 cm³/mol. The smallest absolute Gasteiger partial charge is 0.305 e. The van der Waals surface area contributed by atoms with Gasteiger partial charge < -0.3 is 20.3 Å². The van der Waals surface area contributed by atoms with Crippen LogP contribution >= 0.6 is 0 Å². The highest BCUT2D eigenvalue weighted by Gasteiger charge is 2.18. The van der Waals surface area contributed by atoms with Crippen LogP contribution in [0.15, 0.2) is 48.6 Å². The Balaban J connectivity index is 3.57. The van der Waals surface area contributed by atoms with E-state index in [0.717, 1.165) is 83.5 Å². The van der Waals surface area contributed by atoms with Crippen molar-refractivity contribution in [3.8, 4) is 0 Å². The van der Waals surface area contributed by atoms with Crippen LogP contribution in [-0.4, -0.2) is 47.4 Å². The molecule has 0 radical (unpaired) electrons. The molecule has 0 aliphatic carbocycles. The lowest BCUT2D eigenvalue weighted by Gasteiger charge is -2.20. The van der Waals surface area contributed by atoms with Crippen LogP contribution in [0.4, 0.5) is 0 Å². The minimum Gasteiger partial charge on any atom is -0.466 e. The summed E-state index contributed by atoms with van der Waals surface area (Å²) in [6, 6.07) is -0.652. The highest BCUT2D eigenvalue weighted by molar-refractivity contribution is 5.76. The van der Waals surface area contributed by atoms with Gasteiger partial charge in [-0.3, -0.25) is 9.59 Å². The van der Waals surface area contributed by atoms with E-state index in [-0.39, 0.29) is 18.5 Å². The third kappa shape index (κ3) is 39.5. The highest BCUT2D eigenvalue weighted by atomic mass is 16.5. The number of amides is 1. The number of aliphatic hydroxyl groups excluding tert-OH is 2. The maximum absolute atomic E-state index is 12.3. The first-order chi connectivity index (χ1) is 26.5. The molecule has 0 rings (SSSR count). The Bertz CT molecular complexity index is 926. The van der Waals surface area contributed by atoms with Crippen LogP contribution in [-0.2, 0) is 14.3 Å². The van der Waals surface area contributed by atoms with E-state index in [9.17, 15) is 19.8 Å². The Kier molecular flexibility index (Phi) is 41.8. The minimum atomic E-state index is -0.865. The normalized spacial score (nSPS) is 13.2. The predicted octanol–water partition coefficient (Wildman–Crippen LogP) is 13.1. The van der Waals surface area contributed by atoms with Crippen molar-refractivity contribution in [1.82, 2.24) is 5.32 Å². The van der Waals surface area contributed by atoms with Gasteiger partial charge in [0.05, 0.1) is 25.4 Å². The number of rotatable bonds is 41. The first-order valence-corrected chi connectivity index (χ1v) is 22.9. The summed E-state index contributed by atoms with van der Waals surface area (Å²) < 4.78 is 5.42. The molecule has 6 heteroatoms. The SMILES string of the molecule is CCCCC/C=C\C/C=C\CCCCCCCCCC(=O)OCCCC/C=C\CCCCCCC(=O)NC(CO)C(O)/C=C/CCCCCCCCCC. The van der Waals surface area contributed by atoms with E-state index >= 15 is 0 Å². The number of hydrogen-bond donors (Lipinski definition) is 3. The van der Waals surface area contributed by atoms with Crippen molar-refractivity contribution in [3.63, 3.8) is 0 Å². The summed E-state index contributed by atoms with van der Waals surface area (Å²) in [4.78, 5) is 24.4. The van der Waals surface area contributed by atoms with Crippen LogP contribution in [0.25, 0.3) is 0 Å². The number of carbonyl (C=O) groups excluding carboxylic acids is 2. The molecule has 0 aliphatic heterocycles. The summed E-state index contributed by atoms with van der Waals surface area (Å²) in [7, 11) is 0. The van der Waals surface area contributed by atoms with Crippen LogP contribution in [0, 0.1) is 0 Å². The first-order valence-electron chi connectivity index (χ1n) is 22.9. The minimum absolute atomic E-state index is 0.0480. The molecule has 2 unspecified atom stereocenters. The molecule has 6 nitrogen and oxygen atoms in total. The van der Waals surface area contributed by atoms with Gasteiger partial charge in [-0.15, -0.1) is 0 Å². The third-order valence-corrected chi connectivity index (χ3v) is 10.1. The average molecular weight is 758 g/mol. The van der Waals surface area contributed by atoms with Crippen molar-refractivity contribution < 1.29 is 24.5 Å². The molecule has 2 atom stereocenters. The molecule has 0 bridgehead atoms. The van der Waals surface area contributed by atoms with Crippen molar-refractivity contribution in [2.24, 2.45) is 0 Å². The fourth-order valence-corrected chi connectivity index (χ4v) is 6.48. The second-order valence-corrected chi connectivity index (χ2v) is 15.4. The van der Waals surface area contributed by atoms with Gasteiger partial charge in [-0.25, -0.2) is 0 Å². The summed E-state index contributed by atoms with van der Waals surface area (Å²) in [5, 5.41) is 22.9. The van der Waals surface area contributed by atoms with Gasteiger partial charge in [-0.2, -0.15) is 0 Å².